The molecule has 9 nitrogen and oxygen atoms in total. The van der Waals surface area contributed by atoms with E-state index in [4.69, 9.17) is 4.74 Å². The normalized spacial score (nSPS) is 13.8. The van der Waals surface area contributed by atoms with Crippen molar-refractivity contribution in [3.8, 4) is 5.88 Å². The monoisotopic (exact) mass is 503 g/mol. The number of amides is 3. The molecule has 0 radical (unpaired) electrons. The number of carbonyl (C=O) groups is 3. The molecule has 3 heterocycles. The molecule has 11 heteroatoms. The summed E-state index contributed by atoms with van der Waals surface area (Å²) in [5.41, 5.74) is 3.06. The maximum Gasteiger partial charge on any atom is 0.278 e. The molecule has 2 aromatic rings. The Bertz CT molecular complexity index is 1140. The lowest BCUT2D eigenvalue weighted by atomic mass is 10.1. The minimum atomic E-state index is -2.97. The molecule has 0 saturated heterocycles. The van der Waals surface area contributed by atoms with E-state index >= 15 is 0 Å². The first-order chi connectivity index (χ1) is 17.0. The molecule has 1 unspecified atom stereocenters. The van der Waals surface area contributed by atoms with Gasteiger partial charge in [-0.3, -0.25) is 19.4 Å². The molecular formula is C25H31F2N5O4. The van der Waals surface area contributed by atoms with Gasteiger partial charge in [-0.2, -0.15) is 0 Å². The Kier molecular flexibility index (Phi) is 8.54. The minimum absolute atomic E-state index is 0.0353. The van der Waals surface area contributed by atoms with Crippen LogP contribution in [-0.2, 0) is 22.6 Å². The molecule has 2 aromatic heterocycles. The van der Waals surface area contributed by atoms with Crippen molar-refractivity contribution in [2.75, 3.05) is 19.7 Å². The maximum atomic E-state index is 13.1. The highest BCUT2D eigenvalue weighted by molar-refractivity contribution is 5.99. The van der Waals surface area contributed by atoms with Crippen molar-refractivity contribution in [3.05, 3.63) is 52.5 Å². The van der Waals surface area contributed by atoms with Gasteiger partial charge in [0.25, 0.3) is 11.8 Å². The summed E-state index contributed by atoms with van der Waals surface area (Å²) >= 11 is 0. The zero-order valence-electron chi connectivity index (χ0n) is 20.9. The molecule has 194 valence electrons. The summed E-state index contributed by atoms with van der Waals surface area (Å²) in [4.78, 5) is 46.6. The first kappa shape index (κ1) is 27.0. The second kappa shape index (κ2) is 11.4. The van der Waals surface area contributed by atoms with Crippen LogP contribution in [0.25, 0.3) is 0 Å². The van der Waals surface area contributed by atoms with Crippen molar-refractivity contribution in [1.29, 1.82) is 0 Å². The highest BCUT2D eigenvalue weighted by atomic mass is 19.3. The lowest BCUT2D eigenvalue weighted by Gasteiger charge is -2.25. The number of pyridine rings is 2. The quantitative estimate of drug-likeness (QED) is 0.456. The Labute approximate surface area is 208 Å². The lowest BCUT2D eigenvalue weighted by molar-refractivity contribution is -0.120. The van der Waals surface area contributed by atoms with Crippen molar-refractivity contribution >= 4 is 17.7 Å². The molecule has 36 heavy (non-hydrogen) atoms. The molecule has 0 spiro atoms. The Morgan fingerprint density at radius 1 is 1.25 bits per heavy atom. The van der Waals surface area contributed by atoms with Gasteiger partial charge in [-0.25, -0.2) is 13.8 Å². The van der Waals surface area contributed by atoms with Crippen LogP contribution in [0.15, 0.2) is 24.5 Å². The summed E-state index contributed by atoms with van der Waals surface area (Å²) in [5, 5.41) is 5.47. The molecular weight excluding hydrogens is 472 g/mol. The van der Waals surface area contributed by atoms with Gasteiger partial charge in [0.15, 0.2) is 6.61 Å². The van der Waals surface area contributed by atoms with Crippen LogP contribution < -0.4 is 15.4 Å². The highest BCUT2D eigenvalue weighted by Crippen LogP contribution is 2.33. The summed E-state index contributed by atoms with van der Waals surface area (Å²) in [6.07, 6.45) is 3.68. The first-order valence-corrected chi connectivity index (χ1v) is 11.7. The number of nitrogens with zero attached hydrogens (tertiary/aromatic N) is 3. The van der Waals surface area contributed by atoms with Crippen molar-refractivity contribution in [1.82, 2.24) is 25.5 Å². The largest absolute Gasteiger partial charge is 0.471 e. The fraction of sp³-hybridized carbons (Fsp3) is 0.480. The van der Waals surface area contributed by atoms with E-state index in [1.165, 1.54) is 19.3 Å². The second-order valence-corrected chi connectivity index (χ2v) is 9.01. The van der Waals surface area contributed by atoms with Crippen LogP contribution in [0.2, 0.25) is 0 Å². The molecule has 1 aliphatic rings. The average Bonchev–Trinajstić information content (AvgIpc) is 3.14. The molecule has 0 fully saturated rings. The number of fused-ring (bicyclic) bond motifs is 1. The van der Waals surface area contributed by atoms with Crippen LogP contribution in [-0.4, -0.2) is 58.2 Å². The van der Waals surface area contributed by atoms with Gasteiger partial charge >= 0.3 is 0 Å². The van der Waals surface area contributed by atoms with E-state index in [2.05, 4.69) is 20.6 Å². The minimum Gasteiger partial charge on any atom is -0.471 e. The molecule has 3 amide bonds. The van der Waals surface area contributed by atoms with Crippen LogP contribution in [0.4, 0.5) is 8.78 Å². The number of halogens is 2. The fourth-order valence-corrected chi connectivity index (χ4v) is 3.91. The third-order valence-electron chi connectivity index (χ3n) is 5.81. The Balaban J connectivity index is 1.65. The number of rotatable bonds is 11. The van der Waals surface area contributed by atoms with Gasteiger partial charge in [0, 0.05) is 62.6 Å². The van der Waals surface area contributed by atoms with Gasteiger partial charge in [-0.05, 0) is 38.0 Å². The zero-order chi connectivity index (χ0) is 26.5. The van der Waals surface area contributed by atoms with Crippen molar-refractivity contribution in [2.24, 2.45) is 0 Å². The topological polar surface area (TPSA) is 114 Å². The summed E-state index contributed by atoms with van der Waals surface area (Å²) < 4.78 is 31.4. The van der Waals surface area contributed by atoms with Gasteiger partial charge in [-0.15, -0.1) is 0 Å². The molecule has 0 aromatic carbocycles. The fourth-order valence-electron chi connectivity index (χ4n) is 3.91. The van der Waals surface area contributed by atoms with E-state index in [9.17, 15) is 23.2 Å². The van der Waals surface area contributed by atoms with Crippen molar-refractivity contribution in [2.45, 2.75) is 59.0 Å². The van der Waals surface area contributed by atoms with Gasteiger partial charge in [-0.1, -0.05) is 0 Å². The Morgan fingerprint density at radius 2 is 1.97 bits per heavy atom. The number of carbonyl (C=O) groups excluding carboxylic acids is 3. The summed E-state index contributed by atoms with van der Waals surface area (Å²) in [6.45, 7) is 6.18. The number of aromatic nitrogens is 2. The van der Waals surface area contributed by atoms with Crippen LogP contribution in [0.1, 0.15) is 66.0 Å². The molecule has 0 aliphatic carbocycles. The highest BCUT2D eigenvalue weighted by Gasteiger charge is 2.34. The number of aryl methyl sites for hydroxylation is 1. The number of nitrogens with one attached hydrogen (secondary N) is 2. The van der Waals surface area contributed by atoms with E-state index in [-0.39, 0.29) is 42.6 Å². The van der Waals surface area contributed by atoms with Gasteiger partial charge in [0.1, 0.15) is 0 Å². The maximum absolute atomic E-state index is 13.1. The molecule has 0 saturated carbocycles. The van der Waals surface area contributed by atoms with Gasteiger partial charge in [0.05, 0.1) is 18.2 Å². The van der Waals surface area contributed by atoms with E-state index in [0.717, 1.165) is 12.5 Å². The van der Waals surface area contributed by atoms with Crippen molar-refractivity contribution in [3.63, 3.8) is 0 Å². The molecule has 0 bridgehead atoms. The third-order valence-corrected chi connectivity index (χ3v) is 5.81. The summed E-state index contributed by atoms with van der Waals surface area (Å²) in [6, 6.07) is 3.06. The van der Waals surface area contributed by atoms with E-state index in [1.54, 1.807) is 24.0 Å². The van der Waals surface area contributed by atoms with E-state index < -0.39 is 12.5 Å². The molecule has 2 N–H and O–H groups in total. The summed E-state index contributed by atoms with van der Waals surface area (Å²) in [7, 11) is 0. The average molecular weight is 504 g/mol. The first-order valence-electron chi connectivity index (χ1n) is 11.7. The predicted octanol–water partition coefficient (Wildman–Crippen LogP) is 2.72. The van der Waals surface area contributed by atoms with Gasteiger partial charge < -0.3 is 20.3 Å². The van der Waals surface area contributed by atoms with E-state index in [1.807, 2.05) is 6.92 Å². The van der Waals surface area contributed by atoms with Crippen LogP contribution in [0.3, 0.4) is 0 Å². The third kappa shape index (κ3) is 6.96. The second-order valence-electron chi connectivity index (χ2n) is 9.01. The van der Waals surface area contributed by atoms with E-state index in [0.29, 0.717) is 41.9 Å². The number of hydrogen-bond acceptors (Lipinski definition) is 6. The number of ether oxygens (including phenoxy) is 1. The van der Waals surface area contributed by atoms with Crippen LogP contribution in [0.5, 0.6) is 5.88 Å². The van der Waals surface area contributed by atoms with Crippen LogP contribution >= 0.6 is 0 Å². The number of hydrogen-bond donors (Lipinski definition) is 2. The molecule has 3 rings (SSSR count). The standard InChI is InChI=1S/C25H31F2N5O4/c1-15-10-18(12-31-23(15)36-14-25(4,26)27)16(2)32-13-20-19(24(32)35)6-9-29-21(20)11-22(34)30-8-5-7-28-17(3)33/h6,9-10,12,16H,5,7-8,11,13-14H2,1-4H3,(H,28,33)(H,30,34). The molecule has 1 atom stereocenters. The Hall–Kier alpha value is -3.63. The van der Waals surface area contributed by atoms with Crippen molar-refractivity contribution < 1.29 is 27.9 Å². The zero-order valence-corrected chi connectivity index (χ0v) is 20.9. The molecule has 1 aliphatic heterocycles. The summed E-state index contributed by atoms with van der Waals surface area (Å²) in [5.74, 6) is -3.36. The predicted molar refractivity (Wildman–Crippen MR) is 128 cm³/mol. The smallest absolute Gasteiger partial charge is 0.278 e. The lowest BCUT2D eigenvalue weighted by Crippen LogP contribution is -2.30. The Morgan fingerprint density at radius 3 is 2.64 bits per heavy atom. The SMILES string of the molecule is CC(=O)NCCCNC(=O)Cc1nccc2c1CN(C(C)c1cnc(OCC(C)(F)F)c(C)c1)C2=O. The number of alkyl halides is 2. The van der Waals surface area contributed by atoms with Crippen LogP contribution in [0, 0.1) is 6.92 Å². The van der Waals surface area contributed by atoms with Gasteiger partial charge in [0.2, 0.25) is 17.7 Å².